The van der Waals surface area contributed by atoms with E-state index in [0.717, 1.165) is 23.4 Å². The molecular formula is C11H17F3N2O2S2. The third kappa shape index (κ3) is 6.21. The van der Waals surface area contributed by atoms with Gasteiger partial charge in [0.05, 0.1) is 0 Å². The molecule has 0 bridgehead atoms. The van der Waals surface area contributed by atoms with Crippen LogP contribution >= 0.6 is 11.3 Å². The van der Waals surface area contributed by atoms with Crippen molar-refractivity contribution in [2.45, 2.75) is 36.7 Å². The molecule has 0 aliphatic heterocycles. The lowest BCUT2D eigenvalue weighted by Crippen LogP contribution is -2.25. The molecule has 0 aliphatic carbocycles. The summed E-state index contributed by atoms with van der Waals surface area (Å²) in [4.78, 5) is 0. The molecule has 20 heavy (non-hydrogen) atoms. The summed E-state index contributed by atoms with van der Waals surface area (Å²) in [6.45, 7) is 3.05. The standard InChI is InChI=1S/C11H17F3N2O2S2/c1-2-15-7-9-6-10(19-8-9)20(17,18)16-5-3-4-11(12,13)14/h6,8,15-16H,2-5,7H2,1H3. The van der Waals surface area contributed by atoms with Gasteiger partial charge in [-0.1, -0.05) is 6.92 Å². The molecule has 0 unspecified atom stereocenters. The van der Waals surface area contributed by atoms with Crippen molar-refractivity contribution in [1.82, 2.24) is 10.0 Å². The van der Waals surface area contributed by atoms with Crippen molar-refractivity contribution in [2.75, 3.05) is 13.1 Å². The van der Waals surface area contributed by atoms with Crippen molar-refractivity contribution >= 4 is 21.4 Å². The second kappa shape index (κ2) is 7.39. The lowest BCUT2D eigenvalue weighted by atomic mass is 10.3. The number of hydrogen-bond acceptors (Lipinski definition) is 4. The Bertz CT molecular complexity index is 512. The highest BCUT2D eigenvalue weighted by Crippen LogP contribution is 2.22. The highest BCUT2D eigenvalue weighted by molar-refractivity contribution is 7.91. The zero-order valence-corrected chi connectivity index (χ0v) is 12.6. The molecule has 1 aromatic rings. The number of thiophene rings is 1. The Morgan fingerprint density at radius 2 is 2.05 bits per heavy atom. The van der Waals surface area contributed by atoms with E-state index in [2.05, 4.69) is 10.0 Å². The van der Waals surface area contributed by atoms with Crippen LogP contribution in [0, 0.1) is 0 Å². The molecule has 116 valence electrons. The highest BCUT2D eigenvalue weighted by Gasteiger charge is 2.26. The maximum atomic E-state index is 11.9. The smallest absolute Gasteiger partial charge is 0.313 e. The molecule has 0 fully saturated rings. The Labute approximate surface area is 120 Å². The van der Waals surface area contributed by atoms with Gasteiger partial charge in [-0.15, -0.1) is 11.3 Å². The van der Waals surface area contributed by atoms with Crippen LogP contribution in [-0.4, -0.2) is 27.7 Å². The van der Waals surface area contributed by atoms with Crippen molar-refractivity contribution in [2.24, 2.45) is 0 Å². The van der Waals surface area contributed by atoms with Crippen molar-refractivity contribution in [1.29, 1.82) is 0 Å². The topological polar surface area (TPSA) is 58.2 Å². The molecule has 0 saturated carbocycles. The lowest BCUT2D eigenvalue weighted by Gasteiger charge is -2.07. The number of nitrogens with one attached hydrogen (secondary N) is 2. The monoisotopic (exact) mass is 330 g/mol. The molecule has 0 spiro atoms. The molecule has 9 heteroatoms. The number of halogens is 3. The van der Waals surface area contributed by atoms with Crippen LogP contribution in [0.4, 0.5) is 13.2 Å². The summed E-state index contributed by atoms with van der Waals surface area (Å²) in [6, 6.07) is 1.53. The normalized spacial score (nSPS) is 12.8. The summed E-state index contributed by atoms with van der Waals surface area (Å²) in [5, 5.41) is 4.78. The third-order valence-electron chi connectivity index (χ3n) is 2.40. The van der Waals surface area contributed by atoms with Crippen molar-refractivity contribution in [3.05, 3.63) is 17.0 Å². The van der Waals surface area contributed by atoms with Gasteiger partial charge in [-0.05, 0) is 30.0 Å². The maximum Gasteiger partial charge on any atom is 0.389 e. The third-order valence-corrected chi connectivity index (χ3v) is 5.35. The van der Waals surface area contributed by atoms with E-state index in [4.69, 9.17) is 0 Å². The quantitative estimate of drug-likeness (QED) is 0.720. The van der Waals surface area contributed by atoms with Crippen LogP contribution in [0.2, 0.25) is 0 Å². The van der Waals surface area contributed by atoms with E-state index < -0.39 is 22.6 Å². The molecule has 0 amide bonds. The Morgan fingerprint density at radius 3 is 2.65 bits per heavy atom. The molecule has 0 aromatic carbocycles. The van der Waals surface area contributed by atoms with Gasteiger partial charge in [0.2, 0.25) is 10.0 Å². The van der Waals surface area contributed by atoms with Crippen LogP contribution in [0.3, 0.4) is 0 Å². The highest BCUT2D eigenvalue weighted by atomic mass is 32.2. The first-order valence-corrected chi connectivity index (χ1v) is 8.45. The molecule has 0 radical (unpaired) electrons. The van der Waals surface area contributed by atoms with Crippen molar-refractivity contribution in [3.63, 3.8) is 0 Å². The molecule has 0 aliphatic rings. The zero-order valence-electron chi connectivity index (χ0n) is 11.0. The first-order valence-electron chi connectivity index (χ1n) is 6.09. The molecule has 2 N–H and O–H groups in total. The summed E-state index contributed by atoms with van der Waals surface area (Å²) < 4.78 is 61.8. The largest absolute Gasteiger partial charge is 0.389 e. The molecule has 0 saturated heterocycles. The Balaban J connectivity index is 2.49. The number of sulfonamides is 1. The average Bonchev–Trinajstić information content (AvgIpc) is 2.80. The van der Waals surface area contributed by atoms with Crippen LogP contribution in [0.1, 0.15) is 25.3 Å². The minimum atomic E-state index is -4.26. The predicted octanol–water partition coefficient (Wildman–Crippen LogP) is 2.48. The molecule has 4 nitrogen and oxygen atoms in total. The van der Waals surface area contributed by atoms with Crippen LogP contribution in [0.15, 0.2) is 15.7 Å². The fraction of sp³-hybridized carbons (Fsp3) is 0.636. The van der Waals surface area contributed by atoms with E-state index in [1.807, 2.05) is 6.92 Å². The van der Waals surface area contributed by atoms with Gasteiger partial charge in [0.1, 0.15) is 4.21 Å². The van der Waals surface area contributed by atoms with Crippen LogP contribution < -0.4 is 10.0 Å². The first kappa shape index (κ1) is 17.4. The lowest BCUT2D eigenvalue weighted by molar-refractivity contribution is -0.135. The minimum absolute atomic E-state index is 0.123. The van der Waals surface area contributed by atoms with E-state index >= 15 is 0 Å². The number of alkyl halides is 3. The maximum absolute atomic E-state index is 11.9. The molecule has 0 atom stereocenters. The average molecular weight is 330 g/mol. The summed E-state index contributed by atoms with van der Waals surface area (Å²) >= 11 is 1.06. The van der Waals surface area contributed by atoms with Gasteiger partial charge in [0, 0.05) is 19.5 Å². The summed E-state index contributed by atoms with van der Waals surface area (Å²) in [5.41, 5.74) is 0.840. The van der Waals surface area contributed by atoms with Gasteiger partial charge in [0.25, 0.3) is 0 Å². The Hall–Kier alpha value is -0.640. The van der Waals surface area contributed by atoms with Gasteiger partial charge < -0.3 is 5.32 Å². The summed E-state index contributed by atoms with van der Waals surface area (Å²) in [5.74, 6) is 0. The van der Waals surface area contributed by atoms with Crippen molar-refractivity contribution in [3.8, 4) is 0 Å². The number of hydrogen-bond donors (Lipinski definition) is 2. The molecule has 1 heterocycles. The van der Waals surface area contributed by atoms with Crippen LogP contribution in [0.25, 0.3) is 0 Å². The van der Waals surface area contributed by atoms with Gasteiger partial charge in [-0.3, -0.25) is 0 Å². The second-order valence-electron chi connectivity index (χ2n) is 4.17. The van der Waals surface area contributed by atoms with E-state index in [0.29, 0.717) is 6.54 Å². The van der Waals surface area contributed by atoms with E-state index in [1.165, 1.54) is 6.07 Å². The molecule has 1 aromatic heterocycles. The molecular weight excluding hydrogens is 313 g/mol. The van der Waals surface area contributed by atoms with Gasteiger partial charge in [-0.25, -0.2) is 13.1 Å². The van der Waals surface area contributed by atoms with Gasteiger partial charge in [-0.2, -0.15) is 13.2 Å². The predicted molar refractivity (Wildman–Crippen MR) is 72.2 cm³/mol. The van der Waals surface area contributed by atoms with E-state index in [1.54, 1.807) is 5.38 Å². The van der Waals surface area contributed by atoms with Crippen molar-refractivity contribution < 1.29 is 21.6 Å². The van der Waals surface area contributed by atoms with Crippen LogP contribution in [-0.2, 0) is 16.6 Å². The molecule has 1 rings (SSSR count). The zero-order chi connectivity index (χ0) is 15.2. The van der Waals surface area contributed by atoms with E-state index in [9.17, 15) is 21.6 Å². The summed E-state index contributed by atoms with van der Waals surface area (Å²) in [7, 11) is -3.71. The number of rotatable bonds is 8. The van der Waals surface area contributed by atoms with Crippen LogP contribution in [0.5, 0.6) is 0 Å². The SMILES string of the molecule is CCNCc1csc(S(=O)(=O)NCCCC(F)(F)F)c1. The van der Waals surface area contributed by atoms with Gasteiger partial charge in [0.15, 0.2) is 0 Å². The van der Waals surface area contributed by atoms with E-state index in [-0.39, 0.29) is 17.2 Å². The first-order chi connectivity index (χ1) is 9.24. The Kier molecular flexibility index (Phi) is 6.44. The van der Waals surface area contributed by atoms with Gasteiger partial charge >= 0.3 is 6.18 Å². The fourth-order valence-electron chi connectivity index (χ4n) is 1.42. The Morgan fingerprint density at radius 1 is 1.35 bits per heavy atom. The fourth-order valence-corrected chi connectivity index (χ4v) is 3.75. The second-order valence-corrected chi connectivity index (χ2v) is 7.08. The summed E-state index contributed by atoms with van der Waals surface area (Å²) in [6.07, 6.45) is -5.52. The minimum Gasteiger partial charge on any atom is -0.313 e.